The van der Waals surface area contributed by atoms with E-state index in [0.29, 0.717) is 11.0 Å². The van der Waals surface area contributed by atoms with Crippen LogP contribution in [0.1, 0.15) is 5.56 Å². The highest BCUT2D eigenvalue weighted by molar-refractivity contribution is 7.84. The monoisotopic (exact) mass is 256 g/mol. The Labute approximate surface area is 98.8 Å². The highest BCUT2D eigenvalue weighted by atomic mass is 32.2. The van der Waals surface area contributed by atoms with Crippen LogP contribution in [-0.2, 0) is 10.3 Å². The highest BCUT2D eigenvalue weighted by Gasteiger charge is 2.18. The quantitative estimate of drug-likeness (QED) is 0.771. The van der Waals surface area contributed by atoms with Crippen molar-refractivity contribution in [3.05, 3.63) is 23.8 Å². The Morgan fingerprint density at radius 3 is 2.71 bits per heavy atom. The topological polar surface area (TPSA) is 77.3 Å². The lowest BCUT2D eigenvalue weighted by atomic mass is 10.2. The molecule has 1 heterocycles. The van der Waals surface area contributed by atoms with Gasteiger partial charge in [0.15, 0.2) is 0 Å². The van der Waals surface area contributed by atoms with Crippen molar-refractivity contribution >= 4 is 21.3 Å². The molecule has 0 bridgehead atoms. The maximum atomic E-state index is 11.5. The van der Waals surface area contributed by atoms with Crippen LogP contribution in [0.2, 0.25) is 0 Å². The van der Waals surface area contributed by atoms with Gasteiger partial charge in [0.25, 0.3) is 0 Å². The molecule has 0 spiro atoms. The van der Waals surface area contributed by atoms with Crippen LogP contribution in [0.3, 0.4) is 0 Å². The van der Waals surface area contributed by atoms with Gasteiger partial charge in [-0.3, -0.25) is 4.28 Å². The zero-order valence-electron chi connectivity index (χ0n) is 9.65. The van der Waals surface area contributed by atoms with Crippen LogP contribution < -0.4 is 4.28 Å². The summed E-state index contributed by atoms with van der Waals surface area (Å²) in [7, 11) is -1.08. The Morgan fingerprint density at radius 2 is 2.06 bits per heavy atom. The Hall–Kier alpha value is -1.67. The normalized spacial score (nSPS) is 12.2. The fourth-order valence-electron chi connectivity index (χ4n) is 1.22. The highest BCUT2D eigenvalue weighted by Crippen LogP contribution is 2.12. The summed E-state index contributed by atoms with van der Waals surface area (Å²) in [6.07, 6.45) is 0. The van der Waals surface area contributed by atoms with Crippen molar-refractivity contribution < 1.29 is 12.7 Å². The lowest BCUT2D eigenvalue weighted by Crippen LogP contribution is -2.32. The third-order valence-electron chi connectivity index (χ3n) is 2.18. The molecule has 17 heavy (non-hydrogen) atoms. The fourth-order valence-corrected chi connectivity index (χ4v) is 1.65. The van der Waals surface area contributed by atoms with Crippen molar-refractivity contribution in [1.29, 1.82) is 0 Å². The summed E-state index contributed by atoms with van der Waals surface area (Å²) in [6.45, 7) is 1.91. The van der Waals surface area contributed by atoms with Gasteiger partial charge in [0.05, 0.1) is 0 Å². The molecular formula is C9H12N4O3S. The first-order valence-electron chi connectivity index (χ1n) is 4.84. The third-order valence-corrected chi connectivity index (χ3v) is 3.41. The van der Waals surface area contributed by atoms with E-state index in [1.807, 2.05) is 13.0 Å². The summed E-state index contributed by atoms with van der Waals surface area (Å²) in [4.78, 5) is 0.893. The molecule has 0 radical (unpaired) electrons. The van der Waals surface area contributed by atoms with Crippen molar-refractivity contribution in [3.63, 3.8) is 0 Å². The van der Waals surface area contributed by atoms with Crippen molar-refractivity contribution in [1.82, 2.24) is 19.5 Å². The minimum atomic E-state index is -3.83. The molecule has 0 atom stereocenters. The van der Waals surface area contributed by atoms with E-state index in [2.05, 4.69) is 10.3 Å². The molecule has 1 aromatic heterocycles. The molecule has 0 aliphatic rings. The van der Waals surface area contributed by atoms with Gasteiger partial charge in [-0.2, -0.15) is 12.7 Å². The predicted molar refractivity (Wildman–Crippen MR) is 61.5 cm³/mol. The molecule has 92 valence electrons. The summed E-state index contributed by atoms with van der Waals surface area (Å²) in [5, 5.41) is 7.47. The summed E-state index contributed by atoms with van der Waals surface area (Å²) < 4.78 is 28.8. The smallest absolute Gasteiger partial charge is 0.255 e. The largest absolute Gasteiger partial charge is 0.404 e. The maximum Gasteiger partial charge on any atom is 0.404 e. The minimum absolute atomic E-state index is 0.501. The first-order valence-corrected chi connectivity index (χ1v) is 6.21. The summed E-state index contributed by atoms with van der Waals surface area (Å²) in [6, 6.07) is 5.33. The molecule has 1 aromatic carbocycles. The Kier molecular flexibility index (Phi) is 2.76. The molecule has 0 amide bonds. The maximum absolute atomic E-state index is 11.5. The molecule has 2 rings (SSSR count). The van der Waals surface area contributed by atoms with Gasteiger partial charge in [0.1, 0.15) is 11.0 Å². The van der Waals surface area contributed by atoms with Crippen LogP contribution in [-0.4, -0.2) is 42.0 Å². The van der Waals surface area contributed by atoms with E-state index in [-0.39, 0.29) is 0 Å². The second-order valence-corrected chi connectivity index (χ2v) is 5.50. The van der Waals surface area contributed by atoms with E-state index in [1.165, 1.54) is 14.1 Å². The Balaban J connectivity index is 2.45. The number of aryl methyl sites for hydroxylation is 1. The van der Waals surface area contributed by atoms with Gasteiger partial charge in [-0.1, -0.05) is 10.9 Å². The number of rotatable bonds is 3. The van der Waals surface area contributed by atoms with E-state index >= 15 is 0 Å². The third kappa shape index (κ3) is 2.22. The standard InChI is InChI=1S/C9H12N4O3S/c1-7-4-5-9-8(6-7)10-11-13(9)16-17(14,15)12(2)3/h4-6H,1-3H3. The van der Waals surface area contributed by atoms with Crippen LogP contribution >= 0.6 is 0 Å². The molecule has 0 fully saturated rings. The second-order valence-electron chi connectivity index (χ2n) is 3.77. The van der Waals surface area contributed by atoms with E-state index in [4.69, 9.17) is 4.28 Å². The number of hydrogen-bond acceptors (Lipinski definition) is 5. The lowest BCUT2D eigenvalue weighted by molar-refractivity contribution is 0.226. The van der Waals surface area contributed by atoms with Crippen molar-refractivity contribution in [2.75, 3.05) is 14.1 Å². The Morgan fingerprint density at radius 1 is 1.35 bits per heavy atom. The molecule has 7 nitrogen and oxygen atoms in total. The van der Waals surface area contributed by atoms with Crippen LogP contribution in [0.15, 0.2) is 18.2 Å². The molecule has 2 aromatic rings. The van der Waals surface area contributed by atoms with Gasteiger partial charge in [0, 0.05) is 14.1 Å². The number of benzene rings is 1. The molecule has 0 saturated heterocycles. The Bertz CT molecular complexity index is 647. The van der Waals surface area contributed by atoms with Crippen molar-refractivity contribution in [3.8, 4) is 0 Å². The number of aromatic nitrogens is 3. The minimum Gasteiger partial charge on any atom is -0.255 e. The molecule has 0 N–H and O–H groups in total. The zero-order valence-corrected chi connectivity index (χ0v) is 10.5. The number of nitrogens with zero attached hydrogens (tertiary/aromatic N) is 4. The lowest BCUT2D eigenvalue weighted by Gasteiger charge is -2.10. The van der Waals surface area contributed by atoms with E-state index in [9.17, 15) is 8.42 Å². The number of hydrogen-bond donors (Lipinski definition) is 0. The fraction of sp³-hybridized carbons (Fsp3) is 0.333. The molecule has 8 heteroatoms. The average molecular weight is 256 g/mol. The van der Waals surface area contributed by atoms with Gasteiger partial charge < -0.3 is 0 Å². The molecular weight excluding hydrogens is 244 g/mol. The van der Waals surface area contributed by atoms with Gasteiger partial charge in [0.2, 0.25) is 0 Å². The van der Waals surface area contributed by atoms with E-state index in [0.717, 1.165) is 14.7 Å². The van der Waals surface area contributed by atoms with Crippen molar-refractivity contribution in [2.24, 2.45) is 0 Å². The SMILES string of the molecule is Cc1ccc2c(c1)nnn2OS(=O)(=O)N(C)C. The predicted octanol–water partition coefficient (Wildman–Crippen LogP) is -0.0253. The zero-order chi connectivity index (χ0) is 12.6. The molecule has 0 saturated carbocycles. The average Bonchev–Trinajstić information content (AvgIpc) is 2.60. The summed E-state index contributed by atoms with van der Waals surface area (Å²) in [5.74, 6) is 0. The first-order chi connectivity index (χ1) is 7.90. The van der Waals surface area contributed by atoms with Crippen LogP contribution in [0.5, 0.6) is 0 Å². The van der Waals surface area contributed by atoms with Crippen LogP contribution in [0.4, 0.5) is 0 Å². The van der Waals surface area contributed by atoms with Crippen LogP contribution in [0.25, 0.3) is 11.0 Å². The van der Waals surface area contributed by atoms with E-state index in [1.54, 1.807) is 12.1 Å². The molecule has 0 unspecified atom stereocenters. The first kappa shape index (κ1) is 11.8. The van der Waals surface area contributed by atoms with Gasteiger partial charge in [-0.15, -0.1) is 5.10 Å². The van der Waals surface area contributed by atoms with Gasteiger partial charge in [-0.05, 0) is 29.8 Å². The molecule has 0 aliphatic carbocycles. The van der Waals surface area contributed by atoms with Crippen LogP contribution in [0, 0.1) is 6.92 Å². The summed E-state index contributed by atoms with van der Waals surface area (Å²) in [5.41, 5.74) is 2.10. The van der Waals surface area contributed by atoms with Crippen molar-refractivity contribution in [2.45, 2.75) is 6.92 Å². The van der Waals surface area contributed by atoms with Gasteiger partial charge in [-0.25, -0.2) is 0 Å². The van der Waals surface area contributed by atoms with Gasteiger partial charge >= 0.3 is 10.3 Å². The second kappa shape index (κ2) is 3.97. The summed E-state index contributed by atoms with van der Waals surface area (Å²) >= 11 is 0. The van der Waals surface area contributed by atoms with E-state index < -0.39 is 10.3 Å². The molecule has 0 aliphatic heterocycles. The number of fused-ring (bicyclic) bond motifs is 1.